The Bertz CT molecular complexity index is 614. The van der Waals surface area contributed by atoms with Gasteiger partial charge in [-0.05, 0) is 42.8 Å². The van der Waals surface area contributed by atoms with Crippen molar-refractivity contribution in [3.8, 4) is 5.75 Å². The molecule has 1 amide bonds. The van der Waals surface area contributed by atoms with Crippen molar-refractivity contribution in [3.63, 3.8) is 0 Å². The summed E-state index contributed by atoms with van der Waals surface area (Å²) in [6.07, 6.45) is 0.929. The molecular formula is C17H19FN2O2. The number of hydrogen-bond donors (Lipinski definition) is 2. The van der Waals surface area contributed by atoms with Gasteiger partial charge in [-0.15, -0.1) is 0 Å². The summed E-state index contributed by atoms with van der Waals surface area (Å²) in [4.78, 5) is 11.9. The second kappa shape index (κ2) is 8.02. The van der Waals surface area contributed by atoms with Crippen LogP contribution in [0.2, 0.25) is 0 Å². The lowest BCUT2D eigenvalue weighted by molar-refractivity contribution is -0.114. The van der Waals surface area contributed by atoms with Crippen molar-refractivity contribution >= 4 is 17.3 Å². The molecule has 0 fully saturated rings. The molecule has 0 bridgehead atoms. The van der Waals surface area contributed by atoms with Crippen LogP contribution in [0.15, 0.2) is 48.5 Å². The highest BCUT2D eigenvalue weighted by Gasteiger charge is 2.03. The van der Waals surface area contributed by atoms with Crippen LogP contribution < -0.4 is 15.4 Å². The van der Waals surface area contributed by atoms with Crippen LogP contribution in [0.1, 0.15) is 13.3 Å². The standard InChI is InChI=1S/C17H19FN2O2/c1-2-10-22-16-5-3-4-15(11-16)20-17(21)12-19-14-8-6-13(18)7-9-14/h3-9,11,19H,2,10,12H2,1H3,(H,20,21). The maximum Gasteiger partial charge on any atom is 0.243 e. The molecule has 0 aliphatic rings. The molecule has 0 aromatic heterocycles. The van der Waals surface area contributed by atoms with Gasteiger partial charge in [0.15, 0.2) is 0 Å². The third-order valence-electron chi connectivity index (χ3n) is 2.89. The third-order valence-corrected chi connectivity index (χ3v) is 2.89. The highest BCUT2D eigenvalue weighted by Crippen LogP contribution is 2.17. The van der Waals surface area contributed by atoms with Crippen LogP contribution in [-0.2, 0) is 4.79 Å². The number of halogens is 1. The molecule has 0 heterocycles. The van der Waals surface area contributed by atoms with E-state index in [0.717, 1.165) is 12.2 Å². The van der Waals surface area contributed by atoms with Crippen LogP contribution in [-0.4, -0.2) is 19.1 Å². The van der Waals surface area contributed by atoms with Crippen LogP contribution in [0, 0.1) is 5.82 Å². The second-order valence-corrected chi connectivity index (χ2v) is 4.78. The average Bonchev–Trinajstić information content (AvgIpc) is 2.53. The smallest absolute Gasteiger partial charge is 0.243 e. The number of nitrogens with one attached hydrogen (secondary N) is 2. The van der Waals surface area contributed by atoms with E-state index in [1.807, 2.05) is 19.1 Å². The summed E-state index contributed by atoms with van der Waals surface area (Å²) in [6.45, 7) is 2.78. The highest BCUT2D eigenvalue weighted by atomic mass is 19.1. The molecule has 0 aliphatic carbocycles. The minimum atomic E-state index is -0.307. The minimum Gasteiger partial charge on any atom is -0.494 e. The number of carbonyl (C=O) groups excluding carboxylic acids is 1. The molecule has 2 aromatic rings. The SMILES string of the molecule is CCCOc1cccc(NC(=O)CNc2ccc(F)cc2)c1. The van der Waals surface area contributed by atoms with Crippen molar-refractivity contribution in [2.75, 3.05) is 23.8 Å². The van der Waals surface area contributed by atoms with E-state index in [2.05, 4.69) is 10.6 Å². The number of rotatable bonds is 7. The fourth-order valence-electron chi connectivity index (χ4n) is 1.84. The Kier molecular flexibility index (Phi) is 5.77. The number of benzene rings is 2. The van der Waals surface area contributed by atoms with Gasteiger partial charge in [-0.3, -0.25) is 4.79 Å². The van der Waals surface area contributed by atoms with E-state index in [9.17, 15) is 9.18 Å². The van der Waals surface area contributed by atoms with E-state index in [-0.39, 0.29) is 18.3 Å². The zero-order chi connectivity index (χ0) is 15.8. The Balaban J connectivity index is 1.85. The van der Waals surface area contributed by atoms with Gasteiger partial charge in [-0.25, -0.2) is 4.39 Å². The Labute approximate surface area is 129 Å². The first-order chi connectivity index (χ1) is 10.7. The van der Waals surface area contributed by atoms with E-state index < -0.39 is 0 Å². The molecule has 0 aliphatic heterocycles. The van der Waals surface area contributed by atoms with Gasteiger partial charge in [0.2, 0.25) is 5.91 Å². The summed E-state index contributed by atoms with van der Waals surface area (Å²) in [5, 5.41) is 5.72. The van der Waals surface area contributed by atoms with Crippen molar-refractivity contribution in [3.05, 3.63) is 54.3 Å². The molecule has 22 heavy (non-hydrogen) atoms. The predicted molar refractivity (Wildman–Crippen MR) is 85.7 cm³/mol. The lowest BCUT2D eigenvalue weighted by atomic mass is 10.3. The van der Waals surface area contributed by atoms with Gasteiger partial charge < -0.3 is 15.4 Å². The van der Waals surface area contributed by atoms with Crippen molar-refractivity contribution < 1.29 is 13.9 Å². The van der Waals surface area contributed by atoms with E-state index in [1.165, 1.54) is 12.1 Å². The van der Waals surface area contributed by atoms with Crippen molar-refractivity contribution in [2.24, 2.45) is 0 Å². The summed E-state index contributed by atoms with van der Waals surface area (Å²) < 4.78 is 18.3. The highest BCUT2D eigenvalue weighted by molar-refractivity contribution is 5.93. The van der Waals surface area contributed by atoms with Gasteiger partial charge in [0.1, 0.15) is 11.6 Å². The second-order valence-electron chi connectivity index (χ2n) is 4.78. The monoisotopic (exact) mass is 302 g/mol. The molecule has 4 nitrogen and oxygen atoms in total. The quantitative estimate of drug-likeness (QED) is 0.820. The van der Waals surface area contributed by atoms with Crippen molar-refractivity contribution in [1.82, 2.24) is 0 Å². The molecule has 0 unspecified atom stereocenters. The molecule has 5 heteroatoms. The summed E-state index contributed by atoms with van der Waals surface area (Å²) in [5.41, 5.74) is 1.37. The summed E-state index contributed by atoms with van der Waals surface area (Å²) >= 11 is 0. The van der Waals surface area contributed by atoms with Crippen molar-refractivity contribution in [2.45, 2.75) is 13.3 Å². The van der Waals surface area contributed by atoms with Gasteiger partial charge in [-0.1, -0.05) is 13.0 Å². The van der Waals surface area contributed by atoms with Crippen LogP contribution in [0.5, 0.6) is 5.75 Å². The van der Waals surface area contributed by atoms with E-state index in [0.29, 0.717) is 18.0 Å². The number of ether oxygens (including phenoxy) is 1. The predicted octanol–water partition coefficient (Wildman–Crippen LogP) is 3.67. The lowest BCUT2D eigenvalue weighted by Crippen LogP contribution is -2.21. The molecule has 0 radical (unpaired) electrons. The minimum absolute atomic E-state index is 0.103. The molecule has 2 aromatic carbocycles. The van der Waals surface area contributed by atoms with Crippen molar-refractivity contribution in [1.29, 1.82) is 0 Å². The average molecular weight is 302 g/mol. The molecule has 0 atom stereocenters. The number of amides is 1. The van der Waals surface area contributed by atoms with Gasteiger partial charge >= 0.3 is 0 Å². The maximum atomic E-state index is 12.8. The Morgan fingerprint density at radius 1 is 1.14 bits per heavy atom. The molecule has 116 valence electrons. The topological polar surface area (TPSA) is 50.4 Å². The fourth-order valence-corrected chi connectivity index (χ4v) is 1.84. The zero-order valence-corrected chi connectivity index (χ0v) is 12.4. The molecular weight excluding hydrogens is 283 g/mol. The van der Waals surface area contributed by atoms with Crippen LogP contribution in [0.3, 0.4) is 0 Å². The largest absolute Gasteiger partial charge is 0.494 e. The molecule has 2 rings (SSSR count). The van der Waals surface area contributed by atoms with Gasteiger partial charge in [0, 0.05) is 17.4 Å². The van der Waals surface area contributed by atoms with Crippen LogP contribution in [0.25, 0.3) is 0 Å². The first-order valence-electron chi connectivity index (χ1n) is 7.19. The Morgan fingerprint density at radius 2 is 1.91 bits per heavy atom. The van der Waals surface area contributed by atoms with Gasteiger partial charge in [-0.2, -0.15) is 0 Å². The summed E-state index contributed by atoms with van der Waals surface area (Å²) in [6, 6.07) is 13.1. The first-order valence-corrected chi connectivity index (χ1v) is 7.19. The van der Waals surface area contributed by atoms with E-state index in [1.54, 1.807) is 24.3 Å². The number of carbonyl (C=O) groups is 1. The van der Waals surface area contributed by atoms with E-state index >= 15 is 0 Å². The van der Waals surface area contributed by atoms with Gasteiger partial charge in [0.25, 0.3) is 0 Å². The summed E-state index contributed by atoms with van der Waals surface area (Å²) in [7, 11) is 0. The fraction of sp³-hybridized carbons (Fsp3) is 0.235. The first kappa shape index (κ1) is 15.8. The number of hydrogen-bond acceptors (Lipinski definition) is 3. The molecule has 0 saturated heterocycles. The van der Waals surface area contributed by atoms with Crippen LogP contribution in [0.4, 0.5) is 15.8 Å². The van der Waals surface area contributed by atoms with Crippen LogP contribution >= 0.6 is 0 Å². The molecule has 0 saturated carbocycles. The number of anilines is 2. The molecule has 2 N–H and O–H groups in total. The Morgan fingerprint density at radius 3 is 2.64 bits per heavy atom. The molecule has 0 spiro atoms. The maximum absolute atomic E-state index is 12.8. The summed E-state index contributed by atoms with van der Waals surface area (Å²) in [5.74, 6) is 0.238. The Hall–Kier alpha value is -2.56. The van der Waals surface area contributed by atoms with E-state index in [4.69, 9.17) is 4.74 Å². The third kappa shape index (κ3) is 5.09. The zero-order valence-electron chi connectivity index (χ0n) is 12.4. The lowest BCUT2D eigenvalue weighted by Gasteiger charge is -2.10. The normalized spacial score (nSPS) is 10.1. The van der Waals surface area contributed by atoms with Gasteiger partial charge in [0.05, 0.1) is 13.2 Å².